The summed E-state index contributed by atoms with van der Waals surface area (Å²) in [6, 6.07) is 12.8. The third kappa shape index (κ3) is 6.19. The molecule has 28 heavy (non-hydrogen) atoms. The Morgan fingerprint density at radius 2 is 1.64 bits per heavy atom. The number of likely N-dealkylation sites (tertiary alicyclic amines) is 2. The van der Waals surface area contributed by atoms with Gasteiger partial charge in [0.05, 0.1) is 12.7 Å². The Labute approximate surface area is 168 Å². The van der Waals surface area contributed by atoms with Gasteiger partial charge >= 0.3 is 6.03 Å². The van der Waals surface area contributed by atoms with E-state index in [1.165, 1.54) is 12.8 Å². The van der Waals surface area contributed by atoms with Gasteiger partial charge in [-0.1, -0.05) is 36.4 Å². The largest absolute Gasteiger partial charge is 0.391 e. The second-order valence-electron chi connectivity index (χ2n) is 8.40. The van der Waals surface area contributed by atoms with Gasteiger partial charge < -0.3 is 25.0 Å². The zero-order valence-corrected chi connectivity index (χ0v) is 17.1. The average Bonchev–Trinajstić information content (AvgIpc) is 3.47. The molecule has 0 bridgehead atoms. The maximum atomic E-state index is 12.5. The fourth-order valence-corrected chi connectivity index (χ4v) is 4.00. The summed E-state index contributed by atoms with van der Waals surface area (Å²) in [5, 5.41) is 13.2. The molecule has 2 heterocycles. The van der Waals surface area contributed by atoms with Crippen molar-refractivity contribution in [3.63, 3.8) is 0 Å². The van der Waals surface area contributed by atoms with Crippen molar-refractivity contribution in [1.29, 1.82) is 0 Å². The van der Waals surface area contributed by atoms with Gasteiger partial charge in [0, 0.05) is 51.3 Å². The van der Waals surface area contributed by atoms with Crippen molar-refractivity contribution in [3.8, 4) is 0 Å². The molecule has 0 radical (unpaired) electrons. The number of aliphatic hydroxyl groups is 1. The van der Waals surface area contributed by atoms with Crippen molar-refractivity contribution >= 4 is 6.03 Å². The van der Waals surface area contributed by atoms with Crippen molar-refractivity contribution in [1.82, 2.24) is 15.1 Å². The first kappa shape index (κ1) is 21.1. The highest BCUT2D eigenvalue weighted by atomic mass is 16.5. The molecule has 2 N–H and O–H groups in total. The van der Waals surface area contributed by atoms with Crippen molar-refractivity contribution in [2.45, 2.75) is 44.2 Å². The summed E-state index contributed by atoms with van der Waals surface area (Å²) in [5.74, 6) is 0. The lowest BCUT2D eigenvalue weighted by atomic mass is 9.79. The Morgan fingerprint density at radius 3 is 2.11 bits per heavy atom. The van der Waals surface area contributed by atoms with Gasteiger partial charge in [0.25, 0.3) is 0 Å². The van der Waals surface area contributed by atoms with E-state index in [0.29, 0.717) is 25.6 Å². The predicted octanol–water partition coefficient (Wildman–Crippen LogP) is 2.34. The second-order valence-corrected chi connectivity index (χ2v) is 8.40. The number of hydrogen-bond donors (Lipinski definition) is 2. The number of piperidine rings is 1. The lowest BCUT2D eigenvalue weighted by molar-refractivity contribution is 0.0261. The highest BCUT2D eigenvalue weighted by Crippen LogP contribution is 2.33. The summed E-state index contributed by atoms with van der Waals surface area (Å²) >= 11 is 0. The first-order chi connectivity index (χ1) is 13.6. The molecule has 6 heteroatoms. The van der Waals surface area contributed by atoms with Gasteiger partial charge in [-0.05, 0) is 32.1 Å². The number of ether oxygens (including phenoxy) is 1. The van der Waals surface area contributed by atoms with Crippen LogP contribution in [0.4, 0.5) is 4.79 Å². The lowest BCUT2D eigenvalue weighted by Gasteiger charge is -2.42. The zero-order valence-electron chi connectivity index (χ0n) is 17.1. The van der Waals surface area contributed by atoms with Crippen molar-refractivity contribution < 1.29 is 14.6 Å². The van der Waals surface area contributed by atoms with Crippen molar-refractivity contribution in [3.05, 3.63) is 36.4 Å². The third-order valence-electron chi connectivity index (χ3n) is 5.99. The minimum Gasteiger partial charge on any atom is -0.391 e. The topological polar surface area (TPSA) is 65.0 Å². The van der Waals surface area contributed by atoms with Crippen LogP contribution in [0.5, 0.6) is 0 Å². The summed E-state index contributed by atoms with van der Waals surface area (Å²) in [7, 11) is 1.77. The summed E-state index contributed by atoms with van der Waals surface area (Å²) in [6.07, 6.45) is 4.93. The van der Waals surface area contributed by atoms with Crippen LogP contribution in [0.1, 0.15) is 32.1 Å². The molecular weight excluding hydrogens is 354 g/mol. The van der Waals surface area contributed by atoms with Gasteiger partial charge in [-0.15, -0.1) is 0 Å². The monoisotopic (exact) mass is 389 g/mol. The van der Waals surface area contributed by atoms with Crippen LogP contribution in [0.2, 0.25) is 0 Å². The van der Waals surface area contributed by atoms with Crippen LogP contribution in [0.15, 0.2) is 36.4 Å². The summed E-state index contributed by atoms with van der Waals surface area (Å²) in [4.78, 5) is 16.2. The average molecular weight is 390 g/mol. The van der Waals surface area contributed by atoms with Gasteiger partial charge in [-0.3, -0.25) is 0 Å². The summed E-state index contributed by atoms with van der Waals surface area (Å²) in [5.41, 5.74) is 0.165. The predicted molar refractivity (Wildman–Crippen MR) is 110 cm³/mol. The van der Waals surface area contributed by atoms with E-state index >= 15 is 0 Å². The number of amides is 2. The van der Waals surface area contributed by atoms with Gasteiger partial charge in [0.2, 0.25) is 0 Å². The zero-order chi connectivity index (χ0) is 19.8. The quantitative estimate of drug-likeness (QED) is 0.811. The fourth-order valence-electron chi connectivity index (χ4n) is 4.00. The van der Waals surface area contributed by atoms with Gasteiger partial charge in [0.15, 0.2) is 0 Å². The molecule has 1 aromatic rings. The number of carbonyl (C=O) groups excluding carboxylic acids is 1. The maximum Gasteiger partial charge on any atom is 0.320 e. The Morgan fingerprint density at radius 1 is 1.04 bits per heavy atom. The molecule has 1 saturated carbocycles. The fraction of sp³-hybridized carbons (Fsp3) is 0.682. The number of urea groups is 1. The number of nitrogens with zero attached hydrogens (tertiary/aromatic N) is 2. The van der Waals surface area contributed by atoms with E-state index in [1.807, 2.05) is 41.3 Å². The molecule has 2 amide bonds. The van der Waals surface area contributed by atoms with E-state index < -0.39 is 0 Å². The minimum absolute atomic E-state index is 0.0951. The molecule has 1 aromatic carbocycles. The molecule has 0 unspecified atom stereocenters. The SMILES string of the molecule is COCC1(CNC2CC2)CCN(C(=O)N2CC[C@@H](O)C2)CC1.c1ccccc1. The van der Waals surface area contributed by atoms with Crippen LogP contribution in [-0.2, 0) is 4.74 Å². The number of rotatable bonds is 5. The maximum absolute atomic E-state index is 12.5. The Kier molecular flexibility index (Phi) is 7.71. The summed E-state index contributed by atoms with van der Waals surface area (Å²) in [6.45, 7) is 4.51. The summed E-state index contributed by atoms with van der Waals surface area (Å²) < 4.78 is 5.46. The Balaban J connectivity index is 0.000000320. The van der Waals surface area contributed by atoms with Crippen LogP contribution < -0.4 is 5.32 Å². The molecule has 4 rings (SSSR count). The molecular formula is C22H35N3O3. The van der Waals surface area contributed by atoms with Crippen LogP contribution >= 0.6 is 0 Å². The molecule has 0 aromatic heterocycles. The number of aliphatic hydroxyl groups excluding tert-OH is 1. The molecule has 1 atom stereocenters. The van der Waals surface area contributed by atoms with E-state index in [0.717, 1.165) is 39.1 Å². The number of benzene rings is 1. The number of β-amino-alcohol motifs (C(OH)–C–C–N with tert-alkyl or cyclic N) is 1. The van der Waals surface area contributed by atoms with Crippen LogP contribution in [0.25, 0.3) is 0 Å². The van der Waals surface area contributed by atoms with Crippen molar-refractivity contribution in [2.24, 2.45) is 5.41 Å². The van der Waals surface area contributed by atoms with E-state index in [2.05, 4.69) is 5.32 Å². The molecule has 2 aliphatic heterocycles. The first-order valence-corrected chi connectivity index (χ1v) is 10.6. The van der Waals surface area contributed by atoms with Crippen LogP contribution in [0, 0.1) is 5.41 Å². The van der Waals surface area contributed by atoms with Gasteiger partial charge in [-0.25, -0.2) is 4.79 Å². The van der Waals surface area contributed by atoms with Gasteiger partial charge in [-0.2, -0.15) is 0 Å². The highest BCUT2D eigenvalue weighted by molar-refractivity contribution is 5.75. The first-order valence-electron chi connectivity index (χ1n) is 10.6. The smallest absolute Gasteiger partial charge is 0.320 e. The number of nitrogens with one attached hydrogen (secondary N) is 1. The normalized spacial score (nSPS) is 23.9. The van der Waals surface area contributed by atoms with Crippen LogP contribution in [0.3, 0.4) is 0 Å². The molecule has 0 spiro atoms. The van der Waals surface area contributed by atoms with E-state index in [4.69, 9.17) is 4.74 Å². The van der Waals surface area contributed by atoms with E-state index in [1.54, 1.807) is 12.0 Å². The molecule has 1 aliphatic carbocycles. The lowest BCUT2D eigenvalue weighted by Crippen LogP contribution is -2.52. The molecule has 3 aliphatic rings. The Hall–Kier alpha value is -1.63. The second kappa shape index (κ2) is 10.2. The highest BCUT2D eigenvalue weighted by Gasteiger charge is 2.39. The standard InChI is InChI=1S/C16H29N3O3.C6H6/c1-22-12-16(11-17-13-2-3-13)5-8-18(9-6-16)15(21)19-7-4-14(20)10-19;1-2-4-6-5-3-1/h13-14,17,20H,2-12H2,1H3;1-6H/t14-;/m1./s1. The molecule has 2 saturated heterocycles. The minimum atomic E-state index is -0.343. The molecule has 156 valence electrons. The van der Waals surface area contributed by atoms with Gasteiger partial charge in [0.1, 0.15) is 0 Å². The molecule has 3 fully saturated rings. The van der Waals surface area contributed by atoms with E-state index in [-0.39, 0.29) is 17.6 Å². The number of methoxy groups -OCH3 is 1. The van der Waals surface area contributed by atoms with E-state index in [9.17, 15) is 9.90 Å². The van der Waals surface area contributed by atoms with Crippen molar-refractivity contribution in [2.75, 3.05) is 46.4 Å². The third-order valence-corrected chi connectivity index (χ3v) is 5.99. The number of carbonyl (C=O) groups is 1. The van der Waals surface area contributed by atoms with Crippen LogP contribution in [-0.4, -0.2) is 79.5 Å². The number of hydrogen-bond acceptors (Lipinski definition) is 4. The Bertz CT molecular complexity index is 559. The molecule has 6 nitrogen and oxygen atoms in total.